The lowest BCUT2D eigenvalue weighted by Crippen LogP contribution is -2.17. The molecule has 1 rings (SSSR count). The number of esters is 2. The number of carbonyl (C=O) groups is 2. The molecule has 6 heteroatoms. The van der Waals surface area contributed by atoms with E-state index in [1.807, 2.05) is 0 Å². The summed E-state index contributed by atoms with van der Waals surface area (Å²) >= 11 is 0. The van der Waals surface area contributed by atoms with Gasteiger partial charge in [0.05, 0.1) is 18.9 Å². The molecule has 0 saturated heterocycles. The topological polar surface area (TPSA) is 87.9 Å². The van der Waals surface area contributed by atoms with Crippen molar-refractivity contribution >= 4 is 17.6 Å². The summed E-state index contributed by atoms with van der Waals surface area (Å²) in [6.45, 7) is 3.61. The van der Waals surface area contributed by atoms with Crippen LogP contribution >= 0.6 is 0 Å². The highest BCUT2D eigenvalue weighted by molar-refractivity contribution is 5.95. The van der Waals surface area contributed by atoms with Gasteiger partial charge in [-0.15, -0.1) is 0 Å². The Labute approximate surface area is 111 Å². The Morgan fingerprint density at radius 1 is 1.16 bits per heavy atom. The van der Waals surface area contributed by atoms with Gasteiger partial charge in [0.2, 0.25) is 0 Å². The number of hydrogen-bond donors (Lipinski definition) is 1. The number of para-hydroxylation sites is 1. The summed E-state index contributed by atoms with van der Waals surface area (Å²) in [5.74, 6) is -1.01. The quantitative estimate of drug-likeness (QED) is 0.619. The number of nitrogens with two attached hydrogens (primary N) is 1. The van der Waals surface area contributed by atoms with Crippen LogP contribution in [0.4, 0.5) is 5.69 Å². The summed E-state index contributed by atoms with van der Waals surface area (Å²) in [4.78, 5) is 22.9. The van der Waals surface area contributed by atoms with Gasteiger partial charge in [-0.05, 0) is 26.0 Å². The van der Waals surface area contributed by atoms with E-state index in [4.69, 9.17) is 15.2 Å². The van der Waals surface area contributed by atoms with Crippen molar-refractivity contribution in [3.8, 4) is 5.75 Å². The van der Waals surface area contributed by atoms with Crippen molar-refractivity contribution in [2.75, 3.05) is 25.6 Å². The molecule has 0 heterocycles. The fourth-order valence-electron chi connectivity index (χ4n) is 1.43. The second kappa shape index (κ2) is 7.25. The van der Waals surface area contributed by atoms with E-state index in [0.29, 0.717) is 12.3 Å². The first-order valence-corrected chi connectivity index (χ1v) is 5.94. The molecule has 0 radical (unpaired) electrons. The van der Waals surface area contributed by atoms with Gasteiger partial charge < -0.3 is 19.9 Å². The Morgan fingerprint density at radius 2 is 1.89 bits per heavy atom. The van der Waals surface area contributed by atoms with Gasteiger partial charge in [-0.2, -0.15) is 0 Å². The molecule has 2 N–H and O–H groups in total. The predicted molar refractivity (Wildman–Crippen MR) is 68.9 cm³/mol. The maximum absolute atomic E-state index is 11.8. The lowest BCUT2D eigenvalue weighted by Gasteiger charge is -2.11. The van der Waals surface area contributed by atoms with E-state index in [1.165, 1.54) is 6.07 Å². The Hall–Kier alpha value is -2.24. The first-order chi connectivity index (χ1) is 9.10. The number of hydrogen-bond acceptors (Lipinski definition) is 6. The summed E-state index contributed by atoms with van der Waals surface area (Å²) in [5, 5.41) is 0. The largest absolute Gasteiger partial charge is 0.491 e. The Kier molecular flexibility index (Phi) is 5.66. The first kappa shape index (κ1) is 14.8. The van der Waals surface area contributed by atoms with Gasteiger partial charge in [0.15, 0.2) is 12.4 Å². The zero-order valence-corrected chi connectivity index (χ0v) is 11.0. The molecule has 0 aliphatic carbocycles. The SMILES string of the molecule is CCOC(=O)COC(=O)c1cccc(N)c1OCC. The van der Waals surface area contributed by atoms with Crippen LogP contribution in [0.15, 0.2) is 18.2 Å². The summed E-state index contributed by atoms with van der Waals surface area (Å²) in [6.07, 6.45) is 0. The third kappa shape index (κ3) is 4.17. The van der Waals surface area contributed by atoms with Crippen molar-refractivity contribution in [3.05, 3.63) is 23.8 Å². The molecule has 104 valence electrons. The molecule has 0 aliphatic heterocycles. The summed E-state index contributed by atoms with van der Waals surface area (Å²) in [5.41, 5.74) is 6.25. The standard InChI is InChI=1S/C13H17NO5/c1-3-17-11(15)8-19-13(16)9-6-5-7-10(14)12(9)18-4-2/h5-7H,3-4,8,14H2,1-2H3. The van der Waals surface area contributed by atoms with Crippen LogP contribution in [0.25, 0.3) is 0 Å². The molecule has 0 fully saturated rings. The van der Waals surface area contributed by atoms with Gasteiger partial charge in [-0.1, -0.05) is 6.07 Å². The summed E-state index contributed by atoms with van der Waals surface area (Å²) in [6, 6.07) is 4.75. The van der Waals surface area contributed by atoms with Crippen molar-refractivity contribution in [2.24, 2.45) is 0 Å². The van der Waals surface area contributed by atoms with Crippen LogP contribution in [0.2, 0.25) is 0 Å². The Bertz CT molecular complexity index is 458. The molecule has 0 aromatic heterocycles. The summed E-state index contributed by atoms with van der Waals surface area (Å²) < 4.78 is 14.8. The second-order valence-corrected chi connectivity index (χ2v) is 3.54. The smallest absolute Gasteiger partial charge is 0.344 e. The van der Waals surface area contributed by atoms with Gasteiger partial charge in [-0.25, -0.2) is 9.59 Å². The average molecular weight is 267 g/mol. The van der Waals surface area contributed by atoms with Crippen LogP contribution < -0.4 is 10.5 Å². The van der Waals surface area contributed by atoms with Crippen LogP contribution in [0.3, 0.4) is 0 Å². The van der Waals surface area contributed by atoms with E-state index in [2.05, 4.69) is 4.74 Å². The molecule has 0 amide bonds. The Morgan fingerprint density at radius 3 is 2.53 bits per heavy atom. The third-order valence-electron chi connectivity index (χ3n) is 2.18. The minimum atomic E-state index is -0.677. The van der Waals surface area contributed by atoms with E-state index in [1.54, 1.807) is 26.0 Å². The number of nitrogen functional groups attached to an aromatic ring is 1. The zero-order chi connectivity index (χ0) is 14.3. The van der Waals surface area contributed by atoms with E-state index >= 15 is 0 Å². The van der Waals surface area contributed by atoms with Crippen LogP contribution in [-0.4, -0.2) is 31.8 Å². The van der Waals surface area contributed by atoms with Crippen molar-refractivity contribution < 1.29 is 23.8 Å². The molecule has 0 spiro atoms. The van der Waals surface area contributed by atoms with Crippen molar-refractivity contribution in [1.29, 1.82) is 0 Å². The van der Waals surface area contributed by atoms with E-state index < -0.39 is 18.5 Å². The fourth-order valence-corrected chi connectivity index (χ4v) is 1.43. The number of benzene rings is 1. The van der Waals surface area contributed by atoms with E-state index in [9.17, 15) is 9.59 Å². The van der Waals surface area contributed by atoms with Crippen molar-refractivity contribution in [1.82, 2.24) is 0 Å². The average Bonchev–Trinajstić information content (AvgIpc) is 2.39. The number of carbonyl (C=O) groups excluding carboxylic acids is 2. The number of anilines is 1. The van der Waals surface area contributed by atoms with Gasteiger partial charge in [0.25, 0.3) is 0 Å². The molecule has 0 unspecified atom stereocenters. The highest BCUT2D eigenvalue weighted by Crippen LogP contribution is 2.26. The van der Waals surface area contributed by atoms with Gasteiger partial charge in [0, 0.05) is 0 Å². The zero-order valence-electron chi connectivity index (χ0n) is 11.0. The van der Waals surface area contributed by atoms with Crippen LogP contribution in [-0.2, 0) is 14.3 Å². The maximum atomic E-state index is 11.8. The number of ether oxygens (including phenoxy) is 3. The molecule has 6 nitrogen and oxygen atoms in total. The Balaban J connectivity index is 2.76. The predicted octanol–water partition coefficient (Wildman–Crippen LogP) is 1.39. The minimum absolute atomic E-state index is 0.186. The molecular weight excluding hydrogens is 250 g/mol. The molecular formula is C13H17NO5. The molecule has 1 aromatic carbocycles. The van der Waals surface area contributed by atoms with Gasteiger partial charge >= 0.3 is 11.9 Å². The lowest BCUT2D eigenvalue weighted by atomic mass is 10.2. The first-order valence-electron chi connectivity index (χ1n) is 5.94. The van der Waals surface area contributed by atoms with E-state index in [-0.39, 0.29) is 17.9 Å². The number of rotatable bonds is 6. The van der Waals surface area contributed by atoms with Gasteiger partial charge in [0.1, 0.15) is 5.56 Å². The van der Waals surface area contributed by atoms with Crippen molar-refractivity contribution in [3.63, 3.8) is 0 Å². The highest BCUT2D eigenvalue weighted by Gasteiger charge is 2.17. The monoisotopic (exact) mass is 267 g/mol. The molecule has 0 atom stereocenters. The normalized spacial score (nSPS) is 9.79. The van der Waals surface area contributed by atoms with Crippen LogP contribution in [0.5, 0.6) is 5.75 Å². The lowest BCUT2D eigenvalue weighted by molar-refractivity contribution is -0.146. The van der Waals surface area contributed by atoms with Crippen LogP contribution in [0, 0.1) is 0 Å². The van der Waals surface area contributed by atoms with Gasteiger partial charge in [-0.3, -0.25) is 0 Å². The third-order valence-corrected chi connectivity index (χ3v) is 2.18. The minimum Gasteiger partial charge on any atom is -0.491 e. The molecule has 0 bridgehead atoms. The molecule has 1 aromatic rings. The van der Waals surface area contributed by atoms with E-state index in [0.717, 1.165) is 0 Å². The van der Waals surface area contributed by atoms with Crippen LogP contribution in [0.1, 0.15) is 24.2 Å². The van der Waals surface area contributed by atoms with Crippen molar-refractivity contribution in [2.45, 2.75) is 13.8 Å². The molecule has 0 saturated carbocycles. The fraction of sp³-hybridized carbons (Fsp3) is 0.385. The molecule has 0 aliphatic rings. The summed E-state index contributed by atoms with van der Waals surface area (Å²) in [7, 11) is 0. The maximum Gasteiger partial charge on any atom is 0.344 e. The molecule has 19 heavy (non-hydrogen) atoms. The second-order valence-electron chi connectivity index (χ2n) is 3.54. The highest BCUT2D eigenvalue weighted by atomic mass is 16.6.